The molecule has 0 fully saturated rings. The molecule has 2 aromatic rings. The minimum Gasteiger partial charge on any atom is -0.313 e. The molecule has 0 saturated heterocycles. The van der Waals surface area contributed by atoms with Gasteiger partial charge < -0.3 is 5.32 Å². The third-order valence-corrected chi connectivity index (χ3v) is 3.89. The molecule has 0 aliphatic heterocycles. The lowest BCUT2D eigenvalue weighted by Crippen LogP contribution is -2.12. The van der Waals surface area contributed by atoms with Crippen molar-refractivity contribution in [2.45, 2.75) is 22.9 Å². The van der Waals surface area contributed by atoms with Crippen LogP contribution in [0.2, 0.25) is 5.02 Å². The van der Waals surface area contributed by atoms with E-state index in [2.05, 4.69) is 23.3 Å². The van der Waals surface area contributed by atoms with E-state index in [4.69, 9.17) is 11.6 Å². The maximum atomic E-state index is 5.95. The smallest absolute Gasteiger partial charge is 0.101 e. The molecule has 1 heterocycles. The lowest BCUT2D eigenvalue weighted by Gasteiger charge is -2.10. The van der Waals surface area contributed by atoms with E-state index < -0.39 is 0 Å². The summed E-state index contributed by atoms with van der Waals surface area (Å²) in [6, 6.07) is 12.2. The Bertz CT molecular complexity index is 513. The highest BCUT2D eigenvalue weighted by molar-refractivity contribution is 7.99. The first-order valence-corrected chi connectivity index (χ1v) is 6.95. The highest BCUT2D eigenvalue weighted by Gasteiger charge is 2.04. The first kappa shape index (κ1) is 13.4. The summed E-state index contributed by atoms with van der Waals surface area (Å²) in [7, 11) is 1.94. The zero-order valence-electron chi connectivity index (χ0n) is 10.4. The predicted molar refractivity (Wildman–Crippen MR) is 77.3 cm³/mol. The molecule has 0 aliphatic carbocycles. The molecule has 1 atom stereocenters. The summed E-state index contributed by atoms with van der Waals surface area (Å²) >= 11 is 7.57. The molecule has 0 radical (unpaired) electrons. The Morgan fingerprint density at radius 1 is 1.28 bits per heavy atom. The average Bonchev–Trinajstić information content (AvgIpc) is 2.39. The van der Waals surface area contributed by atoms with Crippen LogP contribution < -0.4 is 5.32 Å². The fourth-order valence-corrected chi connectivity index (χ4v) is 2.60. The molecule has 94 valence electrons. The quantitative estimate of drug-likeness (QED) is 0.909. The van der Waals surface area contributed by atoms with E-state index >= 15 is 0 Å². The Labute approximate surface area is 117 Å². The number of pyridine rings is 1. The third kappa shape index (κ3) is 3.48. The van der Waals surface area contributed by atoms with Gasteiger partial charge in [-0.15, -0.1) is 0 Å². The number of benzene rings is 1. The predicted octanol–water partition coefficient (Wildman–Crippen LogP) is 4.17. The second-order valence-electron chi connectivity index (χ2n) is 4.00. The summed E-state index contributed by atoms with van der Waals surface area (Å²) in [6.45, 7) is 2.11. The van der Waals surface area contributed by atoms with Crippen LogP contribution in [-0.4, -0.2) is 12.0 Å². The van der Waals surface area contributed by atoms with Crippen molar-refractivity contribution in [1.29, 1.82) is 0 Å². The second kappa shape index (κ2) is 6.23. The minimum atomic E-state index is 0.322. The third-order valence-electron chi connectivity index (χ3n) is 2.71. The fraction of sp³-hybridized carbons (Fsp3) is 0.214. The molecule has 0 spiro atoms. The van der Waals surface area contributed by atoms with Crippen LogP contribution in [0, 0.1) is 0 Å². The van der Waals surface area contributed by atoms with Crippen LogP contribution in [0.3, 0.4) is 0 Å². The Morgan fingerprint density at radius 2 is 2.11 bits per heavy atom. The Kier molecular flexibility index (Phi) is 4.64. The maximum Gasteiger partial charge on any atom is 0.101 e. The number of hydrogen-bond donors (Lipinski definition) is 1. The van der Waals surface area contributed by atoms with Crippen molar-refractivity contribution in [3.63, 3.8) is 0 Å². The van der Waals surface area contributed by atoms with Gasteiger partial charge in [-0.3, -0.25) is 0 Å². The summed E-state index contributed by atoms with van der Waals surface area (Å²) in [6.07, 6.45) is 1.91. The zero-order chi connectivity index (χ0) is 13.0. The number of rotatable bonds is 4. The molecule has 2 rings (SSSR count). The summed E-state index contributed by atoms with van der Waals surface area (Å²) in [5.74, 6) is 0. The largest absolute Gasteiger partial charge is 0.313 e. The van der Waals surface area contributed by atoms with Crippen molar-refractivity contribution in [2.75, 3.05) is 7.05 Å². The summed E-state index contributed by atoms with van der Waals surface area (Å²) in [5.41, 5.74) is 1.19. The van der Waals surface area contributed by atoms with Gasteiger partial charge in [0.05, 0.1) is 0 Å². The van der Waals surface area contributed by atoms with Gasteiger partial charge in [0.1, 0.15) is 5.03 Å². The molecule has 1 unspecified atom stereocenters. The first-order chi connectivity index (χ1) is 8.69. The van der Waals surface area contributed by atoms with Crippen molar-refractivity contribution in [3.05, 3.63) is 53.2 Å². The van der Waals surface area contributed by atoms with Gasteiger partial charge in [0.25, 0.3) is 0 Å². The van der Waals surface area contributed by atoms with Gasteiger partial charge in [0, 0.05) is 22.2 Å². The SMILES string of the molecule is CNC(C)c1ccc(Sc2cccc(Cl)c2)nc1. The molecule has 1 aromatic carbocycles. The topological polar surface area (TPSA) is 24.9 Å². The van der Waals surface area contributed by atoms with E-state index in [1.165, 1.54) is 5.56 Å². The van der Waals surface area contributed by atoms with E-state index in [1.54, 1.807) is 11.8 Å². The molecule has 0 bridgehead atoms. The minimum absolute atomic E-state index is 0.322. The fourth-order valence-electron chi connectivity index (χ4n) is 1.53. The molecule has 1 N–H and O–H groups in total. The van der Waals surface area contributed by atoms with Crippen molar-refractivity contribution in [3.8, 4) is 0 Å². The number of aromatic nitrogens is 1. The van der Waals surface area contributed by atoms with Crippen LogP contribution >= 0.6 is 23.4 Å². The van der Waals surface area contributed by atoms with Crippen LogP contribution in [0.4, 0.5) is 0 Å². The van der Waals surface area contributed by atoms with Crippen LogP contribution in [0.25, 0.3) is 0 Å². The van der Waals surface area contributed by atoms with Crippen molar-refractivity contribution in [2.24, 2.45) is 0 Å². The summed E-state index contributed by atoms with van der Waals surface area (Å²) < 4.78 is 0. The number of hydrogen-bond acceptors (Lipinski definition) is 3. The van der Waals surface area contributed by atoms with E-state index in [1.807, 2.05) is 43.6 Å². The monoisotopic (exact) mass is 278 g/mol. The van der Waals surface area contributed by atoms with Gasteiger partial charge >= 0.3 is 0 Å². The van der Waals surface area contributed by atoms with Gasteiger partial charge in [0.2, 0.25) is 0 Å². The second-order valence-corrected chi connectivity index (χ2v) is 5.53. The Morgan fingerprint density at radius 3 is 2.72 bits per heavy atom. The van der Waals surface area contributed by atoms with Crippen molar-refractivity contribution in [1.82, 2.24) is 10.3 Å². The molecular weight excluding hydrogens is 264 g/mol. The zero-order valence-corrected chi connectivity index (χ0v) is 11.9. The van der Waals surface area contributed by atoms with Gasteiger partial charge in [-0.1, -0.05) is 35.5 Å². The highest BCUT2D eigenvalue weighted by atomic mass is 35.5. The van der Waals surface area contributed by atoms with Gasteiger partial charge in [0.15, 0.2) is 0 Å². The normalized spacial score (nSPS) is 12.4. The van der Waals surface area contributed by atoms with E-state index in [0.717, 1.165) is 14.9 Å². The lowest BCUT2D eigenvalue weighted by molar-refractivity contribution is 0.648. The number of halogens is 1. The van der Waals surface area contributed by atoms with Crippen molar-refractivity contribution < 1.29 is 0 Å². The van der Waals surface area contributed by atoms with Crippen molar-refractivity contribution >= 4 is 23.4 Å². The number of nitrogens with zero attached hydrogens (tertiary/aromatic N) is 1. The average molecular weight is 279 g/mol. The summed E-state index contributed by atoms with van der Waals surface area (Å²) in [4.78, 5) is 5.55. The van der Waals surface area contributed by atoms with Crippen LogP contribution in [0.5, 0.6) is 0 Å². The maximum absolute atomic E-state index is 5.95. The van der Waals surface area contributed by atoms with E-state index in [0.29, 0.717) is 6.04 Å². The molecule has 4 heteroatoms. The van der Waals surface area contributed by atoms with Gasteiger partial charge in [-0.25, -0.2) is 4.98 Å². The van der Waals surface area contributed by atoms with Crippen LogP contribution in [0.15, 0.2) is 52.5 Å². The molecule has 0 saturated carbocycles. The molecule has 18 heavy (non-hydrogen) atoms. The van der Waals surface area contributed by atoms with Crippen LogP contribution in [-0.2, 0) is 0 Å². The van der Waals surface area contributed by atoms with Gasteiger partial charge in [-0.05, 0) is 43.8 Å². The van der Waals surface area contributed by atoms with Crippen LogP contribution in [0.1, 0.15) is 18.5 Å². The molecule has 0 aliphatic rings. The Balaban J connectivity index is 2.11. The van der Waals surface area contributed by atoms with E-state index in [-0.39, 0.29) is 0 Å². The highest BCUT2D eigenvalue weighted by Crippen LogP contribution is 2.28. The summed E-state index contributed by atoms with van der Waals surface area (Å²) in [5, 5.41) is 4.92. The Hall–Kier alpha value is -1.03. The van der Waals surface area contributed by atoms with Gasteiger partial charge in [-0.2, -0.15) is 0 Å². The molecule has 0 amide bonds. The number of nitrogens with one attached hydrogen (secondary N) is 1. The lowest BCUT2D eigenvalue weighted by atomic mass is 10.1. The molecule has 2 nitrogen and oxygen atoms in total. The van der Waals surface area contributed by atoms with E-state index in [9.17, 15) is 0 Å². The standard InChI is InChI=1S/C14H15ClN2S/c1-10(16-2)11-6-7-14(17-9-11)18-13-5-3-4-12(15)8-13/h3-10,16H,1-2H3. The molecule has 1 aromatic heterocycles. The molecular formula is C14H15ClN2S. The first-order valence-electron chi connectivity index (χ1n) is 5.75.